The number of nitrogens with zero attached hydrogens (tertiary/aromatic N) is 1. The van der Waals surface area contributed by atoms with Crippen LogP contribution in [0.1, 0.15) is 25.5 Å². The van der Waals surface area contributed by atoms with E-state index in [-0.39, 0.29) is 18.5 Å². The lowest BCUT2D eigenvalue weighted by Gasteiger charge is -2.17. The van der Waals surface area contributed by atoms with Crippen molar-refractivity contribution in [1.82, 2.24) is 10.2 Å². The number of hydrogen-bond donors (Lipinski definition) is 3. The molecule has 0 bridgehead atoms. The van der Waals surface area contributed by atoms with Crippen LogP contribution in [0.3, 0.4) is 0 Å². The Labute approximate surface area is 118 Å². The van der Waals surface area contributed by atoms with E-state index in [9.17, 15) is 14.7 Å². The van der Waals surface area contributed by atoms with E-state index in [1.54, 1.807) is 38.2 Å². The number of likely N-dealkylation sites (N-methyl/N-ethyl adjacent to an activating group) is 2. The van der Waals surface area contributed by atoms with E-state index in [2.05, 4.69) is 10.6 Å². The molecule has 1 atom stereocenters. The van der Waals surface area contributed by atoms with Crippen LogP contribution in [0, 0.1) is 0 Å². The Morgan fingerprint density at radius 2 is 1.90 bits per heavy atom. The highest BCUT2D eigenvalue weighted by atomic mass is 16.3. The molecule has 0 aliphatic carbocycles. The third-order valence-electron chi connectivity index (χ3n) is 2.75. The average Bonchev–Trinajstić information content (AvgIpc) is 2.39. The van der Waals surface area contributed by atoms with Crippen molar-refractivity contribution in [3.8, 4) is 0 Å². The lowest BCUT2D eigenvalue weighted by atomic mass is 10.1. The number of nitrogens with one attached hydrogen (secondary N) is 2. The third-order valence-corrected chi connectivity index (χ3v) is 2.75. The first-order valence-electron chi connectivity index (χ1n) is 6.51. The zero-order valence-electron chi connectivity index (χ0n) is 12.0. The molecule has 20 heavy (non-hydrogen) atoms. The van der Waals surface area contributed by atoms with E-state index >= 15 is 0 Å². The van der Waals surface area contributed by atoms with Crippen LogP contribution in [-0.2, 0) is 4.79 Å². The maximum Gasteiger partial charge on any atom is 0.322 e. The van der Waals surface area contributed by atoms with Gasteiger partial charge in [-0.25, -0.2) is 4.79 Å². The number of urea groups is 1. The number of carbonyl (C=O) groups excluding carboxylic acids is 2. The van der Waals surface area contributed by atoms with Gasteiger partial charge in [0.05, 0.1) is 6.10 Å². The van der Waals surface area contributed by atoms with Crippen LogP contribution in [0.2, 0.25) is 0 Å². The standard InChI is InChI=1S/C14H21N3O3/c1-4-15-13(19)9-17(3)14(20)16-12-7-5-11(6-8-12)10(2)18/h5-8,10,18H,4,9H2,1-3H3,(H,15,19)(H,16,20). The molecule has 6 heteroatoms. The third kappa shape index (κ3) is 4.89. The van der Waals surface area contributed by atoms with Crippen molar-refractivity contribution in [2.75, 3.05) is 25.5 Å². The Morgan fingerprint density at radius 1 is 1.30 bits per heavy atom. The van der Waals surface area contributed by atoms with Crippen molar-refractivity contribution in [3.05, 3.63) is 29.8 Å². The number of rotatable bonds is 5. The van der Waals surface area contributed by atoms with Crippen molar-refractivity contribution in [3.63, 3.8) is 0 Å². The van der Waals surface area contributed by atoms with E-state index < -0.39 is 6.10 Å². The van der Waals surface area contributed by atoms with Gasteiger partial charge in [0, 0.05) is 19.3 Å². The second-order valence-corrected chi connectivity index (χ2v) is 4.54. The summed E-state index contributed by atoms with van der Waals surface area (Å²) in [6.07, 6.45) is -0.542. The molecule has 1 unspecified atom stereocenters. The van der Waals surface area contributed by atoms with Gasteiger partial charge < -0.3 is 20.6 Å². The normalized spacial score (nSPS) is 11.6. The predicted molar refractivity (Wildman–Crippen MR) is 77.4 cm³/mol. The summed E-state index contributed by atoms with van der Waals surface area (Å²) in [7, 11) is 1.55. The Kier molecular flexibility index (Phi) is 5.99. The molecule has 0 fully saturated rings. The van der Waals surface area contributed by atoms with E-state index in [4.69, 9.17) is 0 Å². The molecule has 3 N–H and O–H groups in total. The quantitative estimate of drug-likeness (QED) is 0.760. The molecule has 110 valence electrons. The van der Waals surface area contributed by atoms with Gasteiger partial charge in [0.1, 0.15) is 6.54 Å². The van der Waals surface area contributed by atoms with E-state index in [1.807, 2.05) is 6.92 Å². The molecule has 0 spiro atoms. The van der Waals surface area contributed by atoms with Crippen LogP contribution in [0.15, 0.2) is 24.3 Å². The molecule has 1 aromatic carbocycles. The van der Waals surface area contributed by atoms with Gasteiger partial charge in [0.25, 0.3) is 0 Å². The molecule has 3 amide bonds. The minimum atomic E-state index is -0.542. The zero-order valence-corrected chi connectivity index (χ0v) is 12.0. The largest absolute Gasteiger partial charge is 0.389 e. The molecular weight excluding hydrogens is 258 g/mol. The van der Waals surface area contributed by atoms with Crippen LogP contribution >= 0.6 is 0 Å². The van der Waals surface area contributed by atoms with Gasteiger partial charge in [-0.05, 0) is 31.5 Å². The first kappa shape index (κ1) is 16.0. The fourth-order valence-corrected chi connectivity index (χ4v) is 1.60. The Balaban J connectivity index is 2.54. The van der Waals surface area contributed by atoms with Gasteiger partial charge in [-0.1, -0.05) is 12.1 Å². The molecule has 0 saturated carbocycles. The molecular formula is C14H21N3O3. The Morgan fingerprint density at radius 3 is 2.40 bits per heavy atom. The van der Waals surface area contributed by atoms with Crippen molar-refractivity contribution < 1.29 is 14.7 Å². The van der Waals surface area contributed by atoms with Gasteiger partial charge in [0.15, 0.2) is 0 Å². The van der Waals surface area contributed by atoms with Gasteiger partial charge in [-0.2, -0.15) is 0 Å². The fourth-order valence-electron chi connectivity index (χ4n) is 1.60. The Bertz CT molecular complexity index is 457. The number of amides is 3. The van der Waals surface area contributed by atoms with Gasteiger partial charge in [-0.15, -0.1) is 0 Å². The van der Waals surface area contributed by atoms with E-state index in [0.29, 0.717) is 12.2 Å². The van der Waals surface area contributed by atoms with Crippen LogP contribution in [0.25, 0.3) is 0 Å². The average molecular weight is 279 g/mol. The highest BCUT2D eigenvalue weighted by Gasteiger charge is 2.12. The van der Waals surface area contributed by atoms with Crippen molar-refractivity contribution in [2.24, 2.45) is 0 Å². The summed E-state index contributed by atoms with van der Waals surface area (Å²) in [6, 6.07) is 6.54. The van der Waals surface area contributed by atoms with E-state index in [1.165, 1.54) is 4.90 Å². The highest BCUT2D eigenvalue weighted by Crippen LogP contribution is 2.15. The van der Waals surface area contributed by atoms with Crippen molar-refractivity contribution in [2.45, 2.75) is 20.0 Å². The lowest BCUT2D eigenvalue weighted by Crippen LogP contribution is -2.40. The molecule has 0 saturated heterocycles. The summed E-state index contributed by atoms with van der Waals surface area (Å²) in [5.41, 5.74) is 1.39. The number of aliphatic hydroxyl groups excluding tert-OH is 1. The van der Waals surface area contributed by atoms with Crippen LogP contribution in [0.4, 0.5) is 10.5 Å². The molecule has 0 aliphatic rings. The summed E-state index contributed by atoms with van der Waals surface area (Å²) >= 11 is 0. The minimum absolute atomic E-state index is 0.00539. The van der Waals surface area contributed by atoms with Crippen LogP contribution in [-0.4, -0.2) is 42.1 Å². The van der Waals surface area contributed by atoms with Gasteiger partial charge in [0.2, 0.25) is 5.91 Å². The van der Waals surface area contributed by atoms with Crippen LogP contribution < -0.4 is 10.6 Å². The summed E-state index contributed by atoms with van der Waals surface area (Å²) in [5.74, 6) is -0.199. The van der Waals surface area contributed by atoms with Crippen LogP contribution in [0.5, 0.6) is 0 Å². The maximum atomic E-state index is 11.9. The molecule has 6 nitrogen and oxygen atoms in total. The second-order valence-electron chi connectivity index (χ2n) is 4.54. The molecule has 0 aromatic heterocycles. The number of hydrogen-bond acceptors (Lipinski definition) is 3. The predicted octanol–water partition coefficient (Wildman–Crippen LogP) is 1.34. The smallest absolute Gasteiger partial charge is 0.322 e. The molecule has 0 aliphatic heterocycles. The van der Waals surface area contributed by atoms with E-state index in [0.717, 1.165) is 5.56 Å². The first-order valence-corrected chi connectivity index (χ1v) is 6.51. The Hall–Kier alpha value is -2.08. The van der Waals surface area contributed by atoms with Gasteiger partial charge in [-0.3, -0.25) is 4.79 Å². The SMILES string of the molecule is CCNC(=O)CN(C)C(=O)Nc1ccc(C(C)O)cc1. The fraction of sp³-hybridized carbons (Fsp3) is 0.429. The monoisotopic (exact) mass is 279 g/mol. The van der Waals surface area contributed by atoms with Crippen molar-refractivity contribution >= 4 is 17.6 Å². The first-order chi connectivity index (χ1) is 9.43. The summed E-state index contributed by atoms with van der Waals surface area (Å²) in [5, 5.41) is 14.7. The number of carbonyl (C=O) groups is 2. The van der Waals surface area contributed by atoms with Gasteiger partial charge >= 0.3 is 6.03 Å². The summed E-state index contributed by atoms with van der Waals surface area (Å²) < 4.78 is 0. The zero-order chi connectivity index (χ0) is 15.1. The molecule has 1 rings (SSSR count). The number of benzene rings is 1. The van der Waals surface area contributed by atoms with Crippen molar-refractivity contribution in [1.29, 1.82) is 0 Å². The number of anilines is 1. The molecule has 1 aromatic rings. The second kappa shape index (κ2) is 7.49. The molecule has 0 heterocycles. The number of aliphatic hydroxyl groups is 1. The summed E-state index contributed by atoms with van der Waals surface area (Å²) in [4.78, 5) is 24.5. The minimum Gasteiger partial charge on any atom is -0.389 e. The maximum absolute atomic E-state index is 11.9. The highest BCUT2D eigenvalue weighted by molar-refractivity contribution is 5.92. The topological polar surface area (TPSA) is 81.7 Å². The lowest BCUT2D eigenvalue weighted by molar-refractivity contribution is -0.121. The molecule has 0 radical (unpaired) electrons. The summed E-state index contributed by atoms with van der Waals surface area (Å²) in [6.45, 7) is 4.04.